The Bertz CT molecular complexity index is 653. The first-order valence-corrected chi connectivity index (χ1v) is 6.85. The topological polar surface area (TPSA) is 56.5 Å². The maximum absolute atomic E-state index is 5.79. The summed E-state index contributed by atoms with van der Waals surface area (Å²) >= 11 is 3.22. The molecule has 6 heteroatoms. The van der Waals surface area contributed by atoms with E-state index in [1.165, 1.54) is 0 Å². The fourth-order valence-electron chi connectivity index (χ4n) is 1.66. The van der Waals surface area contributed by atoms with Crippen molar-refractivity contribution in [1.29, 1.82) is 0 Å². The highest BCUT2D eigenvalue weighted by Gasteiger charge is 2.14. The van der Waals surface area contributed by atoms with Crippen LogP contribution in [0.25, 0.3) is 4.96 Å². The Labute approximate surface area is 106 Å². The van der Waals surface area contributed by atoms with Crippen LogP contribution in [0, 0.1) is 6.92 Å². The molecule has 4 nitrogen and oxygen atoms in total. The number of imidazole rings is 1. The second kappa shape index (κ2) is 4.21. The first-order valence-electron chi connectivity index (χ1n) is 5.16. The van der Waals surface area contributed by atoms with E-state index < -0.39 is 0 Å². The standard InChI is InChI=1S/C11H11N3OS2/c1-7-9(2-4-15-7)17-10-8(6-12)14-3-5-16-11(14)13-10/h2-5H,6,12H2,1H3. The van der Waals surface area contributed by atoms with Crippen LogP contribution >= 0.6 is 23.1 Å². The van der Waals surface area contributed by atoms with Crippen molar-refractivity contribution in [3.8, 4) is 0 Å². The maximum atomic E-state index is 5.79. The third-order valence-electron chi connectivity index (χ3n) is 2.54. The van der Waals surface area contributed by atoms with Crippen molar-refractivity contribution < 1.29 is 4.42 Å². The quantitative estimate of drug-likeness (QED) is 0.791. The summed E-state index contributed by atoms with van der Waals surface area (Å²) in [6, 6.07) is 1.95. The summed E-state index contributed by atoms with van der Waals surface area (Å²) in [5.74, 6) is 0.911. The molecule has 88 valence electrons. The Balaban J connectivity index is 2.05. The van der Waals surface area contributed by atoms with Crippen molar-refractivity contribution in [3.63, 3.8) is 0 Å². The van der Waals surface area contributed by atoms with Crippen LogP contribution in [0.15, 0.2) is 38.2 Å². The van der Waals surface area contributed by atoms with Gasteiger partial charge in [-0.3, -0.25) is 4.40 Å². The smallest absolute Gasteiger partial charge is 0.194 e. The molecule has 0 aliphatic rings. The summed E-state index contributed by atoms with van der Waals surface area (Å²) in [7, 11) is 0. The SMILES string of the molecule is Cc1occc1Sc1nc2sccn2c1CN. The van der Waals surface area contributed by atoms with Crippen LogP contribution in [0.3, 0.4) is 0 Å². The number of aromatic nitrogens is 2. The van der Waals surface area contributed by atoms with Crippen molar-refractivity contribution in [2.75, 3.05) is 0 Å². The molecular formula is C11H11N3OS2. The lowest BCUT2D eigenvalue weighted by Crippen LogP contribution is -2.00. The molecule has 0 spiro atoms. The van der Waals surface area contributed by atoms with E-state index in [9.17, 15) is 0 Å². The minimum absolute atomic E-state index is 0.483. The predicted octanol–water partition coefficient (Wildman–Crippen LogP) is 2.91. The van der Waals surface area contributed by atoms with Gasteiger partial charge >= 0.3 is 0 Å². The van der Waals surface area contributed by atoms with Gasteiger partial charge in [-0.1, -0.05) is 11.8 Å². The zero-order valence-corrected chi connectivity index (χ0v) is 10.8. The monoisotopic (exact) mass is 265 g/mol. The minimum atomic E-state index is 0.483. The third-order valence-corrected chi connectivity index (χ3v) is 4.46. The van der Waals surface area contributed by atoms with Gasteiger partial charge in [-0.25, -0.2) is 4.98 Å². The number of hydrogen-bond donors (Lipinski definition) is 1. The zero-order valence-electron chi connectivity index (χ0n) is 9.21. The Morgan fingerprint density at radius 2 is 2.47 bits per heavy atom. The molecule has 0 radical (unpaired) electrons. The molecule has 0 bridgehead atoms. The first-order chi connectivity index (χ1) is 8.29. The average Bonchev–Trinajstić information content (AvgIpc) is 2.96. The number of thiazole rings is 1. The highest BCUT2D eigenvalue weighted by atomic mass is 32.2. The van der Waals surface area contributed by atoms with Crippen molar-refractivity contribution in [3.05, 3.63) is 35.4 Å². The van der Waals surface area contributed by atoms with Crippen molar-refractivity contribution >= 4 is 28.1 Å². The number of rotatable bonds is 3. The Hall–Kier alpha value is -1.24. The summed E-state index contributed by atoms with van der Waals surface area (Å²) in [4.78, 5) is 6.65. The zero-order chi connectivity index (χ0) is 11.8. The van der Waals surface area contributed by atoms with Crippen LogP contribution in [-0.2, 0) is 6.54 Å². The summed E-state index contributed by atoms with van der Waals surface area (Å²) in [5, 5.41) is 2.97. The molecule has 0 aliphatic carbocycles. The summed E-state index contributed by atoms with van der Waals surface area (Å²) in [6.45, 7) is 2.43. The van der Waals surface area contributed by atoms with Gasteiger partial charge in [-0.2, -0.15) is 0 Å². The molecule has 0 amide bonds. The van der Waals surface area contributed by atoms with Crippen molar-refractivity contribution in [2.45, 2.75) is 23.4 Å². The van der Waals surface area contributed by atoms with Gasteiger partial charge in [0.25, 0.3) is 0 Å². The van der Waals surface area contributed by atoms with Crippen molar-refractivity contribution in [2.24, 2.45) is 5.73 Å². The Morgan fingerprint density at radius 3 is 3.18 bits per heavy atom. The molecule has 0 fully saturated rings. The summed E-state index contributed by atoms with van der Waals surface area (Å²) in [6.07, 6.45) is 3.69. The molecule has 0 saturated heterocycles. The fraction of sp³-hybridized carbons (Fsp3) is 0.182. The molecule has 3 heterocycles. The minimum Gasteiger partial charge on any atom is -0.468 e. The molecule has 3 rings (SSSR count). The second-order valence-electron chi connectivity index (χ2n) is 3.57. The molecule has 0 atom stereocenters. The van der Waals surface area contributed by atoms with Gasteiger partial charge in [0.15, 0.2) is 4.96 Å². The number of hydrogen-bond acceptors (Lipinski definition) is 5. The molecule has 2 N–H and O–H groups in total. The molecule has 0 unspecified atom stereocenters. The summed E-state index contributed by atoms with van der Waals surface area (Å²) < 4.78 is 7.33. The van der Waals surface area contributed by atoms with Crippen molar-refractivity contribution in [1.82, 2.24) is 9.38 Å². The van der Waals surface area contributed by atoms with E-state index in [4.69, 9.17) is 10.2 Å². The molecular weight excluding hydrogens is 254 g/mol. The van der Waals surface area contributed by atoms with Crippen LogP contribution in [0.5, 0.6) is 0 Å². The Kier molecular flexibility index (Phi) is 2.70. The third kappa shape index (κ3) is 1.78. The predicted molar refractivity (Wildman–Crippen MR) is 68.5 cm³/mol. The van der Waals surface area contributed by atoms with Gasteiger partial charge < -0.3 is 10.2 Å². The average molecular weight is 265 g/mol. The fourth-order valence-corrected chi connectivity index (χ4v) is 3.41. The van der Waals surface area contributed by atoms with E-state index in [1.807, 2.05) is 29.0 Å². The highest BCUT2D eigenvalue weighted by Crippen LogP contribution is 2.33. The van der Waals surface area contributed by atoms with E-state index in [2.05, 4.69) is 4.98 Å². The number of fused-ring (bicyclic) bond motifs is 1. The van der Waals surface area contributed by atoms with Crippen LogP contribution in [0.1, 0.15) is 11.5 Å². The number of nitrogens with zero attached hydrogens (tertiary/aromatic N) is 2. The van der Waals surface area contributed by atoms with E-state index in [1.54, 1.807) is 29.4 Å². The molecule has 0 aliphatic heterocycles. The largest absolute Gasteiger partial charge is 0.468 e. The second-order valence-corrected chi connectivity index (χ2v) is 5.47. The molecule has 3 aromatic rings. The van der Waals surface area contributed by atoms with Gasteiger partial charge in [0.1, 0.15) is 10.8 Å². The molecule has 0 aromatic carbocycles. The van der Waals surface area contributed by atoms with Gasteiger partial charge in [-0.15, -0.1) is 11.3 Å². The lowest BCUT2D eigenvalue weighted by molar-refractivity contribution is 0.527. The normalized spacial score (nSPS) is 11.4. The van der Waals surface area contributed by atoms with Gasteiger partial charge in [-0.05, 0) is 13.0 Å². The molecule has 0 saturated carbocycles. The Morgan fingerprint density at radius 1 is 1.59 bits per heavy atom. The van der Waals surface area contributed by atoms with Gasteiger partial charge in [0.2, 0.25) is 0 Å². The van der Waals surface area contributed by atoms with E-state index in [-0.39, 0.29) is 0 Å². The summed E-state index contributed by atoms with van der Waals surface area (Å²) in [5.41, 5.74) is 6.84. The van der Waals surface area contributed by atoms with Gasteiger partial charge in [0.05, 0.1) is 16.9 Å². The maximum Gasteiger partial charge on any atom is 0.194 e. The number of aryl methyl sites for hydroxylation is 1. The molecule has 3 aromatic heterocycles. The molecule has 17 heavy (non-hydrogen) atoms. The van der Waals surface area contributed by atoms with E-state index in [0.717, 1.165) is 26.3 Å². The van der Waals surface area contributed by atoms with E-state index >= 15 is 0 Å². The lowest BCUT2D eigenvalue weighted by Gasteiger charge is -1.99. The van der Waals surface area contributed by atoms with Gasteiger partial charge in [0, 0.05) is 18.1 Å². The number of nitrogens with two attached hydrogens (primary N) is 1. The first kappa shape index (κ1) is 10.9. The lowest BCUT2D eigenvalue weighted by atomic mass is 10.5. The number of furan rings is 1. The van der Waals surface area contributed by atoms with Crippen LogP contribution in [0.2, 0.25) is 0 Å². The van der Waals surface area contributed by atoms with Crippen LogP contribution < -0.4 is 5.73 Å². The highest BCUT2D eigenvalue weighted by molar-refractivity contribution is 7.99. The van der Waals surface area contributed by atoms with Crippen LogP contribution in [0.4, 0.5) is 0 Å². The van der Waals surface area contributed by atoms with E-state index in [0.29, 0.717) is 6.54 Å². The van der Waals surface area contributed by atoms with Crippen LogP contribution in [-0.4, -0.2) is 9.38 Å².